The summed E-state index contributed by atoms with van der Waals surface area (Å²) in [5.41, 5.74) is 2.18. The molecule has 4 nitrogen and oxygen atoms in total. The van der Waals surface area contributed by atoms with Gasteiger partial charge in [-0.15, -0.1) is 0 Å². The maximum atomic E-state index is 11.7. The van der Waals surface area contributed by atoms with E-state index in [9.17, 15) is 4.79 Å². The van der Waals surface area contributed by atoms with Crippen LogP contribution in [0.25, 0.3) is 11.3 Å². The van der Waals surface area contributed by atoms with Crippen LogP contribution in [0.1, 0.15) is 18.3 Å². The first-order chi connectivity index (χ1) is 8.61. The van der Waals surface area contributed by atoms with E-state index in [1.807, 2.05) is 31.2 Å². The van der Waals surface area contributed by atoms with Crippen LogP contribution >= 0.6 is 0 Å². The van der Waals surface area contributed by atoms with Crippen molar-refractivity contribution in [3.63, 3.8) is 0 Å². The number of aromatic amines is 1. The lowest BCUT2D eigenvalue weighted by Gasteiger charge is -2.07. The van der Waals surface area contributed by atoms with E-state index in [1.54, 1.807) is 13.8 Å². The summed E-state index contributed by atoms with van der Waals surface area (Å²) >= 11 is 0. The molecule has 0 radical (unpaired) electrons. The number of nitrogens with zero attached hydrogens (tertiary/aromatic N) is 1. The van der Waals surface area contributed by atoms with Crippen molar-refractivity contribution in [2.75, 3.05) is 6.61 Å². The number of hydrogen-bond acceptors (Lipinski definition) is 3. The Hall–Kier alpha value is -2.10. The first-order valence-electron chi connectivity index (χ1n) is 5.92. The van der Waals surface area contributed by atoms with Gasteiger partial charge in [-0.1, -0.05) is 0 Å². The van der Waals surface area contributed by atoms with E-state index >= 15 is 0 Å². The van der Waals surface area contributed by atoms with Gasteiger partial charge >= 0.3 is 0 Å². The maximum Gasteiger partial charge on any atom is 0.254 e. The molecule has 0 aliphatic rings. The van der Waals surface area contributed by atoms with Crippen LogP contribution in [0.5, 0.6) is 5.75 Å². The third-order valence-corrected chi connectivity index (χ3v) is 2.71. The van der Waals surface area contributed by atoms with Gasteiger partial charge in [-0.2, -0.15) is 0 Å². The van der Waals surface area contributed by atoms with Crippen molar-refractivity contribution in [3.8, 4) is 17.0 Å². The number of H-pyrrole nitrogens is 1. The predicted octanol–water partition coefficient (Wildman–Crippen LogP) is 2.45. The molecule has 0 atom stereocenters. The van der Waals surface area contributed by atoms with E-state index in [4.69, 9.17) is 4.74 Å². The zero-order chi connectivity index (χ0) is 13.1. The molecule has 2 rings (SSSR count). The number of rotatable bonds is 3. The minimum Gasteiger partial charge on any atom is -0.494 e. The molecular formula is C14H16N2O2. The van der Waals surface area contributed by atoms with Crippen LogP contribution in [0.4, 0.5) is 0 Å². The maximum absolute atomic E-state index is 11.7. The molecule has 2 aromatic rings. The van der Waals surface area contributed by atoms with E-state index in [0.717, 1.165) is 17.0 Å². The average Bonchev–Trinajstić information content (AvgIpc) is 2.35. The minimum absolute atomic E-state index is 0.0913. The van der Waals surface area contributed by atoms with E-state index in [2.05, 4.69) is 9.97 Å². The molecule has 0 aliphatic carbocycles. The third-order valence-electron chi connectivity index (χ3n) is 2.71. The van der Waals surface area contributed by atoms with Crippen molar-refractivity contribution in [2.45, 2.75) is 20.8 Å². The highest BCUT2D eigenvalue weighted by atomic mass is 16.5. The van der Waals surface area contributed by atoms with Gasteiger partial charge < -0.3 is 9.72 Å². The highest BCUT2D eigenvalue weighted by Gasteiger charge is 2.08. The van der Waals surface area contributed by atoms with Crippen LogP contribution in [-0.2, 0) is 0 Å². The second-order valence-electron chi connectivity index (χ2n) is 4.08. The van der Waals surface area contributed by atoms with Crippen molar-refractivity contribution in [2.24, 2.45) is 0 Å². The zero-order valence-electron chi connectivity index (χ0n) is 10.8. The highest BCUT2D eigenvalue weighted by molar-refractivity contribution is 5.63. The molecule has 1 heterocycles. The topological polar surface area (TPSA) is 55.0 Å². The van der Waals surface area contributed by atoms with Crippen LogP contribution in [0, 0.1) is 13.8 Å². The summed E-state index contributed by atoms with van der Waals surface area (Å²) in [7, 11) is 0. The monoisotopic (exact) mass is 244 g/mol. The zero-order valence-corrected chi connectivity index (χ0v) is 10.8. The van der Waals surface area contributed by atoms with Gasteiger partial charge in [0.1, 0.15) is 11.6 Å². The smallest absolute Gasteiger partial charge is 0.254 e. The molecule has 0 spiro atoms. The summed E-state index contributed by atoms with van der Waals surface area (Å²) in [6.45, 7) is 6.14. The number of benzene rings is 1. The molecular weight excluding hydrogens is 228 g/mol. The second kappa shape index (κ2) is 5.04. The van der Waals surface area contributed by atoms with Gasteiger partial charge in [0.15, 0.2) is 0 Å². The van der Waals surface area contributed by atoms with E-state index in [1.165, 1.54) is 0 Å². The van der Waals surface area contributed by atoms with Crippen molar-refractivity contribution in [1.29, 1.82) is 0 Å². The molecule has 0 amide bonds. The lowest BCUT2D eigenvalue weighted by atomic mass is 10.1. The fourth-order valence-electron chi connectivity index (χ4n) is 1.80. The van der Waals surface area contributed by atoms with Crippen molar-refractivity contribution >= 4 is 0 Å². The number of nitrogens with one attached hydrogen (secondary N) is 1. The van der Waals surface area contributed by atoms with Crippen LogP contribution in [0.2, 0.25) is 0 Å². The van der Waals surface area contributed by atoms with Crippen LogP contribution in [0.3, 0.4) is 0 Å². The van der Waals surface area contributed by atoms with Crippen molar-refractivity contribution in [3.05, 3.63) is 46.0 Å². The summed E-state index contributed by atoms with van der Waals surface area (Å²) in [6, 6.07) is 7.60. The normalized spacial score (nSPS) is 10.4. The first-order valence-corrected chi connectivity index (χ1v) is 5.92. The number of hydrogen-bond donors (Lipinski definition) is 1. The number of aryl methyl sites for hydroxylation is 1. The molecule has 1 aromatic carbocycles. The molecule has 0 fully saturated rings. The molecule has 0 bridgehead atoms. The van der Waals surface area contributed by atoms with Gasteiger partial charge in [0.2, 0.25) is 0 Å². The lowest BCUT2D eigenvalue weighted by molar-refractivity contribution is 0.340. The average molecular weight is 244 g/mol. The molecule has 94 valence electrons. The molecule has 4 heteroatoms. The Morgan fingerprint density at radius 3 is 2.50 bits per heavy atom. The Labute approximate surface area is 106 Å². The molecule has 0 saturated carbocycles. The summed E-state index contributed by atoms with van der Waals surface area (Å²) < 4.78 is 5.39. The number of ether oxygens (including phenoxy) is 1. The fourth-order valence-corrected chi connectivity index (χ4v) is 1.80. The van der Waals surface area contributed by atoms with Gasteiger partial charge in [-0.05, 0) is 45.0 Å². The Bertz CT molecular complexity index is 600. The van der Waals surface area contributed by atoms with Gasteiger partial charge in [-0.3, -0.25) is 4.79 Å². The Morgan fingerprint density at radius 1 is 1.22 bits per heavy atom. The Kier molecular flexibility index (Phi) is 3.46. The lowest BCUT2D eigenvalue weighted by Crippen LogP contribution is -2.14. The number of aromatic nitrogens is 2. The summed E-state index contributed by atoms with van der Waals surface area (Å²) in [5.74, 6) is 1.44. The van der Waals surface area contributed by atoms with Crippen LogP contribution in [-0.4, -0.2) is 16.6 Å². The summed E-state index contributed by atoms with van der Waals surface area (Å²) in [6.07, 6.45) is 0. The van der Waals surface area contributed by atoms with E-state index in [-0.39, 0.29) is 5.56 Å². The predicted molar refractivity (Wildman–Crippen MR) is 70.9 cm³/mol. The van der Waals surface area contributed by atoms with Gasteiger partial charge in [0.25, 0.3) is 5.56 Å². The molecule has 1 aromatic heterocycles. The van der Waals surface area contributed by atoms with Gasteiger partial charge in [0, 0.05) is 11.1 Å². The first kappa shape index (κ1) is 12.4. The summed E-state index contributed by atoms with van der Waals surface area (Å²) in [4.78, 5) is 18.8. The summed E-state index contributed by atoms with van der Waals surface area (Å²) in [5, 5.41) is 0. The molecule has 1 N–H and O–H groups in total. The molecule has 0 unspecified atom stereocenters. The third kappa shape index (κ3) is 2.42. The van der Waals surface area contributed by atoms with Crippen molar-refractivity contribution < 1.29 is 4.74 Å². The molecule has 18 heavy (non-hydrogen) atoms. The van der Waals surface area contributed by atoms with Crippen LogP contribution < -0.4 is 10.3 Å². The SMILES string of the molecule is CCOc1ccc(-c2nc(C)[nH]c(=O)c2C)cc1. The Morgan fingerprint density at radius 2 is 1.89 bits per heavy atom. The largest absolute Gasteiger partial charge is 0.494 e. The standard InChI is InChI=1S/C14H16N2O2/c1-4-18-12-7-5-11(6-8-12)13-9(2)14(17)16-10(3)15-13/h5-8H,4H2,1-3H3,(H,15,16,17). The van der Waals surface area contributed by atoms with Crippen molar-refractivity contribution in [1.82, 2.24) is 9.97 Å². The Balaban J connectivity index is 2.45. The molecule has 0 saturated heterocycles. The second-order valence-corrected chi connectivity index (χ2v) is 4.08. The molecule has 0 aliphatic heterocycles. The minimum atomic E-state index is -0.0913. The van der Waals surface area contributed by atoms with E-state index < -0.39 is 0 Å². The highest BCUT2D eigenvalue weighted by Crippen LogP contribution is 2.22. The fraction of sp³-hybridized carbons (Fsp3) is 0.286. The van der Waals surface area contributed by atoms with E-state index in [0.29, 0.717) is 18.0 Å². The van der Waals surface area contributed by atoms with Crippen LogP contribution in [0.15, 0.2) is 29.1 Å². The quantitative estimate of drug-likeness (QED) is 0.902. The van der Waals surface area contributed by atoms with Gasteiger partial charge in [-0.25, -0.2) is 4.98 Å². The van der Waals surface area contributed by atoms with Gasteiger partial charge in [0.05, 0.1) is 12.3 Å².